The molecule has 2 rings (SSSR count). The second-order valence-corrected chi connectivity index (χ2v) is 7.91. The molecule has 1 aliphatic rings. The van der Waals surface area contributed by atoms with Crippen LogP contribution >= 0.6 is 0 Å². The van der Waals surface area contributed by atoms with Gasteiger partial charge >= 0.3 is 11.9 Å². The van der Waals surface area contributed by atoms with E-state index in [2.05, 4.69) is 5.32 Å². The molecule has 0 aliphatic carbocycles. The van der Waals surface area contributed by atoms with Crippen molar-refractivity contribution in [3.05, 3.63) is 24.3 Å². The Labute approximate surface area is 150 Å². The molecule has 0 spiro atoms. The Bertz CT molecular complexity index is 804. The Balaban J connectivity index is 2.20. The third-order valence-electron chi connectivity index (χ3n) is 4.31. The average Bonchev–Trinajstić information content (AvgIpc) is 2.61. The third-order valence-corrected chi connectivity index (χ3v) is 6.19. The summed E-state index contributed by atoms with van der Waals surface area (Å²) in [5, 5.41) is 21.0. The number of carboxylic acids is 2. The number of aliphatic carboxylic acids is 2. The van der Waals surface area contributed by atoms with Crippen LogP contribution in [0.25, 0.3) is 0 Å². The van der Waals surface area contributed by atoms with Gasteiger partial charge in [0.2, 0.25) is 15.9 Å². The molecule has 2 unspecified atom stereocenters. The summed E-state index contributed by atoms with van der Waals surface area (Å²) in [6.45, 7) is 1.22. The lowest BCUT2D eigenvalue weighted by atomic mass is 9.86. The molecule has 142 valence electrons. The van der Waals surface area contributed by atoms with Crippen molar-refractivity contribution in [3.8, 4) is 0 Å². The molecular formula is C16H20N2O7S. The van der Waals surface area contributed by atoms with Gasteiger partial charge in [-0.3, -0.25) is 14.4 Å². The first-order valence-electron chi connectivity index (χ1n) is 8.02. The Kier molecular flexibility index (Phi) is 5.98. The maximum atomic E-state index is 12.7. The minimum absolute atomic E-state index is 0.0510. The van der Waals surface area contributed by atoms with Crippen LogP contribution in [0.15, 0.2) is 29.2 Å². The first-order chi connectivity index (χ1) is 12.2. The lowest BCUT2D eigenvalue weighted by Crippen LogP contribution is -2.48. The molecule has 0 aromatic heterocycles. The molecule has 10 heteroatoms. The van der Waals surface area contributed by atoms with Crippen molar-refractivity contribution in [3.63, 3.8) is 0 Å². The number of carbonyl (C=O) groups excluding carboxylic acids is 1. The highest BCUT2D eigenvalue weighted by Gasteiger charge is 2.42. The predicted octanol–water partition coefficient (Wildman–Crippen LogP) is 0.831. The van der Waals surface area contributed by atoms with Gasteiger partial charge in [0.1, 0.15) is 0 Å². The van der Waals surface area contributed by atoms with Gasteiger partial charge in [-0.2, -0.15) is 4.31 Å². The molecule has 1 heterocycles. The molecule has 1 saturated heterocycles. The van der Waals surface area contributed by atoms with Crippen LogP contribution in [0.5, 0.6) is 0 Å². The number of benzene rings is 1. The van der Waals surface area contributed by atoms with Crippen LogP contribution in [0.2, 0.25) is 0 Å². The smallest absolute Gasteiger partial charge is 0.308 e. The van der Waals surface area contributed by atoms with Crippen molar-refractivity contribution in [2.75, 3.05) is 18.4 Å². The monoisotopic (exact) mass is 384 g/mol. The average molecular weight is 384 g/mol. The van der Waals surface area contributed by atoms with E-state index in [1.54, 1.807) is 6.92 Å². The Morgan fingerprint density at radius 1 is 1.12 bits per heavy atom. The molecular weight excluding hydrogens is 364 g/mol. The van der Waals surface area contributed by atoms with Crippen molar-refractivity contribution in [1.29, 1.82) is 0 Å². The van der Waals surface area contributed by atoms with Crippen LogP contribution in [0.3, 0.4) is 0 Å². The maximum absolute atomic E-state index is 12.7. The van der Waals surface area contributed by atoms with Gasteiger partial charge in [0.25, 0.3) is 0 Å². The van der Waals surface area contributed by atoms with Crippen LogP contribution in [-0.2, 0) is 24.4 Å². The van der Waals surface area contributed by atoms with Crippen molar-refractivity contribution in [2.24, 2.45) is 11.8 Å². The summed E-state index contributed by atoms with van der Waals surface area (Å²) in [6.07, 6.45) is 0.214. The molecule has 1 aromatic carbocycles. The van der Waals surface area contributed by atoms with Gasteiger partial charge in [-0.25, -0.2) is 8.42 Å². The van der Waals surface area contributed by atoms with Gasteiger partial charge in [0.15, 0.2) is 0 Å². The highest BCUT2D eigenvalue weighted by molar-refractivity contribution is 7.89. The first-order valence-corrected chi connectivity index (χ1v) is 9.46. The molecule has 0 saturated carbocycles. The first kappa shape index (κ1) is 19.9. The van der Waals surface area contributed by atoms with E-state index in [1.807, 2.05) is 0 Å². The summed E-state index contributed by atoms with van der Waals surface area (Å²) in [7, 11) is -3.96. The molecule has 1 amide bonds. The fraction of sp³-hybridized carbons (Fsp3) is 0.438. The van der Waals surface area contributed by atoms with E-state index in [0.29, 0.717) is 5.69 Å². The van der Waals surface area contributed by atoms with E-state index in [9.17, 15) is 27.9 Å². The van der Waals surface area contributed by atoms with Gasteiger partial charge < -0.3 is 15.5 Å². The molecule has 9 nitrogen and oxygen atoms in total. The van der Waals surface area contributed by atoms with Crippen LogP contribution in [0.4, 0.5) is 5.69 Å². The minimum Gasteiger partial charge on any atom is -0.481 e. The number of piperidine rings is 1. The highest BCUT2D eigenvalue weighted by Crippen LogP contribution is 2.29. The van der Waals surface area contributed by atoms with E-state index in [4.69, 9.17) is 5.11 Å². The number of anilines is 1. The zero-order valence-electron chi connectivity index (χ0n) is 14.1. The molecule has 26 heavy (non-hydrogen) atoms. The molecule has 3 N–H and O–H groups in total. The summed E-state index contributed by atoms with van der Waals surface area (Å²) in [5.41, 5.74) is 0.448. The number of nitrogens with zero attached hydrogens (tertiary/aromatic N) is 1. The number of sulfonamides is 1. The van der Waals surface area contributed by atoms with Crippen LogP contribution in [0, 0.1) is 11.8 Å². The Hall–Kier alpha value is -2.46. The van der Waals surface area contributed by atoms with Crippen molar-refractivity contribution >= 4 is 33.6 Å². The van der Waals surface area contributed by atoms with Gasteiger partial charge in [0.05, 0.1) is 16.7 Å². The molecule has 0 radical (unpaired) electrons. The topological polar surface area (TPSA) is 141 Å². The van der Waals surface area contributed by atoms with Crippen molar-refractivity contribution in [2.45, 2.75) is 24.7 Å². The van der Waals surface area contributed by atoms with E-state index < -0.39 is 40.3 Å². The summed E-state index contributed by atoms with van der Waals surface area (Å²) in [4.78, 5) is 33.8. The highest BCUT2D eigenvalue weighted by atomic mass is 32.2. The predicted molar refractivity (Wildman–Crippen MR) is 91.0 cm³/mol. The quantitative estimate of drug-likeness (QED) is 0.659. The Morgan fingerprint density at radius 3 is 2.19 bits per heavy atom. The van der Waals surface area contributed by atoms with Gasteiger partial charge in [-0.15, -0.1) is 0 Å². The number of carbonyl (C=O) groups is 3. The van der Waals surface area contributed by atoms with Gasteiger partial charge in [-0.05, 0) is 30.7 Å². The van der Waals surface area contributed by atoms with E-state index in [-0.39, 0.29) is 30.2 Å². The normalized spacial score (nSPS) is 21.1. The van der Waals surface area contributed by atoms with E-state index in [0.717, 1.165) is 4.31 Å². The SMILES string of the molecule is CCC(=O)Nc1ccc(S(=O)(=O)N2CCC(C(=O)O)C(C(=O)O)C2)cc1. The number of hydrogen-bond acceptors (Lipinski definition) is 5. The number of carboxylic acid groups (broad SMARTS) is 2. The number of hydrogen-bond donors (Lipinski definition) is 3. The fourth-order valence-electron chi connectivity index (χ4n) is 2.79. The standard InChI is InChI=1S/C16H20N2O7S/c1-2-14(19)17-10-3-5-11(6-4-10)26(24,25)18-8-7-12(15(20)21)13(9-18)16(22)23/h3-6,12-13H,2,7-9H2,1H3,(H,17,19)(H,20,21)(H,22,23). The van der Waals surface area contributed by atoms with E-state index in [1.165, 1.54) is 24.3 Å². The largest absolute Gasteiger partial charge is 0.481 e. The van der Waals surface area contributed by atoms with Crippen LogP contribution < -0.4 is 5.32 Å². The van der Waals surface area contributed by atoms with E-state index >= 15 is 0 Å². The number of amides is 1. The molecule has 2 atom stereocenters. The van der Waals surface area contributed by atoms with Gasteiger partial charge in [-0.1, -0.05) is 6.92 Å². The fourth-order valence-corrected chi connectivity index (χ4v) is 4.28. The maximum Gasteiger partial charge on any atom is 0.308 e. The molecule has 1 aromatic rings. The summed E-state index contributed by atoms with van der Waals surface area (Å²) in [6, 6.07) is 5.53. The van der Waals surface area contributed by atoms with Gasteiger partial charge in [0, 0.05) is 25.2 Å². The Morgan fingerprint density at radius 2 is 1.69 bits per heavy atom. The van der Waals surface area contributed by atoms with Crippen molar-refractivity contribution < 1.29 is 33.0 Å². The zero-order valence-corrected chi connectivity index (χ0v) is 14.9. The molecule has 0 bridgehead atoms. The lowest BCUT2D eigenvalue weighted by molar-refractivity contribution is -0.156. The number of nitrogens with one attached hydrogen (secondary N) is 1. The molecule has 1 aliphatic heterocycles. The lowest BCUT2D eigenvalue weighted by Gasteiger charge is -2.33. The van der Waals surface area contributed by atoms with Crippen molar-refractivity contribution in [1.82, 2.24) is 4.31 Å². The third kappa shape index (κ3) is 4.20. The number of rotatable bonds is 6. The molecule has 1 fully saturated rings. The zero-order chi connectivity index (χ0) is 19.5. The van der Waals surface area contributed by atoms with Crippen LogP contribution in [0.1, 0.15) is 19.8 Å². The van der Waals surface area contributed by atoms with Crippen LogP contribution in [-0.4, -0.2) is 53.9 Å². The summed E-state index contributed by atoms with van der Waals surface area (Å²) >= 11 is 0. The minimum atomic E-state index is -3.96. The second-order valence-electron chi connectivity index (χ2n) is 5.97. The summed E-state index contributed by atoms with van der Waals surface area (Å²) in [5.74, 6) is -5.22. The summed E-state index contributed by atoms with van der Waals surface area (Å²) < 4.78 is 26.4. The second kappa shape index (κ2) is 7.83.